The lowest BCUT2D eigenvalue weighted by Gasteiger charge is -2.12. The van der Waals surface area contributed by atoms with Crippen molar-refractivity contribution >= 4 is 28.8 Å². The Bertz CT molecular complexity index is 1330. The number of rotatable bonds is 4. The summed E-state index contributed by atoms with van der Waals surface area (Å²) in [6.07, 6.45) is 0. The minimum atomic E-state index is 0.676. The largest absolute Gasteiger partial charge is 0.340 e. The zero-order valence-electron chi connectivity index (χ0n) is 16.4. The van der Waals surface area contributed by atoms with Crippen molar-refractivity contribution in [1.29, 1.82) is 0 Å². The molecule has 0 bridgehead atoms. The quantitative estimate of drug-likeness (QED) is 0.355. The van der Waals surface area contributed by atoms with Gasteiger partial charge in [0, 0.05) is 27.9 Å². The molecular formula is C25H19ClN4. The Labute approximate surface area is 179 Å². The molecule has 146 valence electrons. The van der Waals surface area contributed by atoms with E-state index >= 15 is 0 Å². The summed E-state index contributed by atoms with van der Waals surface area (Å²) in [6, 6.07) is 30.1. The van der Waals surface area contributed by atoms with Gasteiger partial charge in [-0.05, 0) is 30.7 Å². The highest BCUT2D eigenvalue weighted by Gasteiger charge is 2.17. The Morgan fingerprint density at radius 2 is 1.50 bits per heavy atom. The number of anilines is 2. The topological polar surface area (TPSA) is 42.2 Å². The number of benzene rings is 3. The number of aryl methyl sites for hydroxylation is 1. The van der Waals surface area contributed by atoms with E-state index in [1.807, 2.05) is 78.2 Å². The van der Waals surface area contributed by atoms with Gasteiger partial charge in [0.1, 0.15) is 5.82 Å². The van der Waals surface area contributed by atoms with Crippen molar-refractivity contribution in [1.82, 2.24) is 14.6 Å². The Balaban J connectivity index is 1.76. The third kappa shape index (κ3) is 3.42. The molecule has 0 spiro atoms. The Hall–Kier alpha value is -3.63. The molecule has 30 heavy (non-hydrogen) atoms. The Morgan fingerprint density at radius 3 is 2.20 bits per heavy atom. The van der Waals surface area contributed by atoms with Crippen LogP contribution in [-0.4, -0.2) is 14.6 Å². The van der Waals surface area contributed by atoms with Gasteiger partial charge in [0.2, 0.25) is 0 Å². The number of halogens is 1. The predicted molar refractivity (Wildman–Crippen MR) is 123 cm³/mol. The minimum Gasteiger partial charge on any atom is -0.340 e. The van der Waals surface area contributed by atoms with Gasteiger partial charge in [-0.2, -0.15) is 9.61 Å². The molecular weight excluding hydrogens is 392 g/mol. The molecule has 0 unspecified atom stereocenters. The van der Waals surface area contributed by atoms with Gasteiger partial charge >= 0.3 is 0 Å². The van der Waals surface area contributed by atoms with Crippen LogP contribution in [0.25, 0.3) is 28.0 Å². The van der Waals surface area contributed by atoms with Crippen LogP contribution in [0.4, 0.5) is 11.5 Å². The van der Waals surface area contributed by atoms with E-state index in [2.05, 4.69) is 29.6 Å². The van der Waals surface area contributed by atoms with Crippen molar-refractivity contribution in [3.8, 4) is 22.4 Å². The van der Waals surface area contributed by atoms with E-state index < -0.39 is 0 Å². The Kier molecular flexibility index (Phi) is 4.69. The van der Waals surface area contributed by atoms with Crippen molar-refractivity contribution in [3.05, 3.63) is 102 Å². The zero-order chi connectivity index (χ0) is 20.5. The summed E-state index contributed by atoms with van der Waals surface area (Å²) in [7, 11) is 0. The van der Waals surface area contributed by atoms with Crippen LogP contribution in [0.15, 0.2) is 91.0 Å². The molecule has 0 fully saturated rings. The molecule has 5 heteroatoms. The fourth-order valence-corrected chi connectivity index (χ4v) is 3.82. The van der Waals surface area contributed by atoms with Crippen LogP contribution in [0.2, 0.25) is 5.02 Å². The fraction of sp³-hybridized carbons (Fsp3) is 0.0400. The number of nitrogens with zero attached hydrogens (tertiary/aromatic N) is 3. The van der Waals surface area contributed by atoms with Crippen molar-refractivity contribution in [3.63, 3.8) is 0 Å². The number of fused-ring (bicyclic) bond motifs is 1. The van der Waals surface area contributed by atoms with Crippen LogP contribution in [0.1, 0.15) is 5.69 Å². The van der Waals surface area contributed by atoms with Crippen LogP contribution in [0.3, 0.4) is 0 Å². The average molecular weight is 411 g/mol. The highest BCUT2D eigenvalue weighted by Crippen LogP contribution is 2.32. The van der Waals surface area contributed by atoms with Gasteiger partial charge in [-0.25, -0.2) is 4.98 Å². The third-order valence-corrected chi connectivity index (χ3v) is 5.23. The van der Waals surface area contributed by atoms with Gasteiger partial charge in [-0.3, -0.25) is 0 Å². The molecule has 3 aromatic carbocycles. The molecule has 1 N–H and O–H groups in total. The first-order chi connectivity index (χ1) is 14.7. The van der Waals surface area contributed by atoms with Gasteiger partial charge in [0.25, 0.3) is 0 Å². The van der Waals surface area contributed by atoms with E-state index in [9.17, 15) is 0 Å². The van der Waals surface area contributed by atoms with E-state index in [0.717, 1.165) is 45.2 Å². The highest BCUT2D eigenvalue weighted by molar-refractivity contribution is 6.30. The number of hydrogen-bond acceptors (Lipinski definition) is 3. The predicted octanol–water partition coefficient (Wildman–Crippen LogP) is 6.77. The van der Waals surface area contributed by atoms with E-state index in [1.165, 1.54) is 0 Å². The fourth-order valence-electron chi connectivity index (χ4n) is 3.63. The minimum absolute atomic E-state index is 0.676. The molecule has 4 nitrogen and oxygen atoms in total. The number of hydrogen-bond donors (Lipinski definition) is 1. The maximum Gasteiger partial charge on any atom is 0.166 e. The second kappa shape index (κ2) is 7.65. The van der Waals surface area contributed by atoms with Gasteiger partial charge < -0.3 is 5.32 Å². The van der Waals surface area contributed by atoms with Crippen molar-refractivity contribution in [2.75, 3.05) is 5.32 Å². The first kappa shape index (κ1) is 18.4. The summed E-state index contributed by atoms with van der Waals surface area (Å²) < 4.78 is 1.87. The SMILES string of the molecule is Cc1nn2c(Nc3cccc(Cl)c3)cc(-c3ccccc3)nc2c1-c1ccccc1. The summed E-state index contributed by atoms with van der Waals surface area (Å²) in [5, 5.41) is 8.94. The summed E-state index contributed by atoms with van der Waals surface area (Å²) in [4.78, 5) is 5.00. The van der Waals surface area contributed by atoms with Crippen LogP contribution in [-0.2, 0) is 0 Å². The molecule has 2 heterocycles. The van der Waals surface area contributed by atoms with Crippen LogP contribution >= 0.6 is 11.6 Å². The van der Waals surface area contributed by atoms with Crippen molar-refractivity contribution in [2.24, 2.45) is 0 Å². The molecule has 5 aromatic rings. The van der Waals surface area contributed by atoms with Crippen LogP contribution < -0.4 is 5.32 Å². The Morgan fingerprint density at radius 1 is 0.800 bits per heavy atom. The zero-order valence-corrected chi connectivity index (χ0v) is 17.1. The van der Waals surface area contributed by atoms with E-state index in [-0.39, 0.29) is 0 Å². The first-order valence-electron chi connectivity index (χ1n) is 9.73. The molecule has 0 aliphatic rings. The van der Waals surface area contributed by atoms with E-state index in [1.54, 1.807) is 0 Å². The summed E-state index contributed by atoms with van der Waals surface area (Å²) >= 11 is 6.19. The number of nitrogens with one attached hydrogen (secondary N) is 1. The standard InChI is InChI=1S/C25H19ClN4/c1-17-24(19-11-6-3-7-12-19)25-28-22(18-9-4-2-5-10-18)16-23(30(25)29-17)27-21-14-8-13-20(26)15-21/h2-16,27H,1H3. The smallest absolute Gasteiger partial charge is 0.166 e. The second-order valence-electron chi connectivity index (χ2n) is 7.09. The van der Waals surface area contributed by atoms with Crippen LogP contribution in [0.5, 0.6) is 0 Å². The molecule has 0 aliphatic heterocycles. The summed E-state index contributed by atoms with van der Waals surface area (Å²) in [5.74, 6) is 0.825. The monoisotopic (exact) mass is 410 g/mol. The lowest BCUT2D eigenvalue weighted by atomic mass is 10.1. The van der Waals surface area contributed by atoms with Gasteiger partial charge in [-0.15, -0.1) is 0 Å². The second-order valence-corrected chi connectivity index (χ2v) is 7.53. The summed E-state index contributed by atoms with van der Waals surface area (Å²) in [5.41, 5.74) is 6.68. The normalized spacial score (nSPS) is 11.0. The highest BCUT2D eigenvalue weighted by atomic mass is 35.5. The van der Waals surface area contributed by atoms with Crippen molar-refractivity contribution < 1.29 is 0 Å². The van der Waals surface area contributed by atoms with Crippen LogP contribution in [0, 0.1) is 6.92 Å². The molecule has 2 aromatic heterocycles. The van der Waals surface area contributed by atoms with Crippen molar-refractivity contribution in [2.45, 2.75) is 6.92 Å². The van der Waals surface area contributed by atoms with E-state index in [0.29, 0.717) is 5.02 Å². The molecule has 0 saturated heterocycles. The number of aromatic nitrogens is 3. The maximum absolute atomic E-state index is 6.19. The average Bonchev–Trinajstić information content (AvgIpc) is 3.11. The molecule has 0 atom stereocenters. The molecule has 0 radical (unpaired) electrons. The summed E-state index contributed by atoms with van der Waals surface area (Å²) in [6.45, 7) is 2.02. The lowest BCUT2D eigenvalue weighted by molar-refractivity contribution is 0.926. The third-order valence-electron chi connectivity index (χ3n) is 4.99. The molecule has 0 saturated carbocycles. The first-order valence-corrected chi connectivity index (χ1v) is 10.1. The van der Waals surface area contributed by atoms with Gasteiger partial charge in [0.05, 0.1) is 11.4 Å². The molecule has 0 amide bonds. The maximum atomic E-state index is 6.19. The van der Waals surface area contributed by atoms with Gasteiger partial charge in [-0.1, -0.05) is 78.3 Å². The lowest BCUT2D eigenvalue weighted by Crippen LogP contribution is -2.02. The van der Waals surface area contributed by atoms with E-state index in [4.69, 9.17) is 21.7 Å². The van der Waals surface area contributed by atoms with Gasteiger partial charge in [0.15, 0.2) is 5.65 Å². The molecule has 0 aliphatic carbocycles. The molecule has 5 rings (SSSR count).